The van der Waals surface area contributed by atoms with E-state index in [1.807, 2.05) is 0 Å². The summed E-state index contributed by atoms with van der Waals surface area (Å²) in [6.45, 7) is 5.38. The summed E-state index contributed by atoms with van der Waals surface area (Å²) in [5.74, 6) is 0.299. The van der Waals surface area contributed by atoms with Crippen LogP contribution in [0.1, 0.15) is 39.2 Å². The molecule has 148 valence electrons. The number of nitrogen functional groups attached to an aromatic ring is 1. The van der Waals surface area contributed by atoms with Gasteiger partial charge in [-0.3, -0.25) is 10.3 Å². The Labute approximate surface area is 163 Å². The lowest BCUT2D eigenvalue weighted by molar-refractivity contribution is 0.0561. The maximum atomic E-state index is 14.7. The number of carbonyl (C=O) groups excluding carboxylic acids is 1. The highest BCUT2D eigenvalue weighted by molar-refractivity contribution is 8.13. The molecule has 0 spiro atoms. The third-order valence-corrected chi connectivity index (χ3v) is 5.93. The molecule has 1 aliphatic heterocycles. The first-order chi connectivity index (χ1) is 12.6. The quantitative estimate of drug-likeness (QED) is 0.747. The van der Waals surface area contributed by atoms with Gasteiger partial charge in [0.15, 0.2) is 5.17 Å². The summed E-state index contributed by atoms with van der Waals surface area (Å²) >= 11 is 1.42. The Bertz CT molecular complexity index is 765. The highest BCUT2D eigenvalue weighted by Gasteiger charge is 2.53. The van der Waals surface area contributed by atoms with Crippen molar-refractivity contribution in [1.82, 2.24) is 5.32 Å². The molecule has 1 aliphatic carbocycles. The zero-order valence-corrected chi connectivity index (χ0v) is 16.9. The standard InChI is InChI=1S/C19H26FN3O3S/c1-18(2,3)26-17(24)22-16-23-19(12-9-11(21)5-6-14(12)20)8-7-15(25-4)13(19)10-27-16/h5-6,9,13,15H,7-8,10,21H2,1-4H3,(H,22,23,24)/t13-,15-,19+/m1/s1. The topological polar surface area (TPSA) is 85.9 Å². The van der Waals surface area contributed by atoms with Gasteiger partial charge < -0.3 is 15.2 Å². The molecule has 1 saturated carbocycles. The number of nitrogens with zero attached hydrogens (tertiary/aromatic N) is 1. The monoisotopic (exact) mass is 395 g/mol. The van der Waals surface area contributed by atoms with E-state index in [1.165, 1.54) is 23.9 Å². The minimum Gasteiger partial charge on any atom is -0.444 e. The van der Waals surface area contributed by atoms with Crippen molar-refractivity contribution in [3.63, 3.8) is 0 Å². The van der Waals surface area contributed by atoms with E-state index < -0.39 is 17.2 Å². The van der Waals surface area contributed by atoms with Crippen LogP contribution in [0, 0.1) is 11.7 Å². The Morgan fingerprint density at radius 3 is 2.85 bits per heavy atom. The number of carbonyl (C=O) groups is 1. The van der Waals surface area contributed by atoms with Crippen LogP contribution in [-0.4, -0.2) is 35.8 Å². The lowest BCUT2D eigenvalue weighted by atomic mass is 9.80. The lowest BCUT2D eigenvalue weighted by Crippen LogP contribution is -2.44. The van der Waals surface area contributed by atoms with Crippen molar-refractivity contribution in [1.29, 1.82) is 0 Å². The SMILES string of the molecule is CO[C@@H]1CC[C@@]2(c3cc(N)ccc3F)N=C(NC(=O)OC(C)(C)C)SC[C@H]12. The molecular weight excluding hydrogens is 369 g/mol. The number of anilines is 1. The van der Waals surface area contributed by atoms with E-state index in [4.69, 9.17) is 20.2 Å². The zero-order valence-electron chi connectivity index (χ0n) is 16.0. The van der Waals surface area contributed by atoms with Crippen molar-refractivity contribution in [2.75, 3.05) is 18.6 Å². The van der Waals surface area contributed by atoms with Gasteiger partial charge in [0.2, 0.25) is 0 Å². The van der Waals surface area contributed by atoms with Gasteiger partial charge in [-0.15, -0.1) is 0 Å². The first kappa shape index (κ1) is 19.9. The molecule has 27 heavy (non-hydrogen) atoms. The van der Waals surface area contributed by atoms with Crippen LogP contribution < -0.4 is 11.1 Å². The van der Waals surface area contributed by atoms with E-state index in [0.29, 0.717) is 28.6 Å². The normalized spacial score (nSPS) is 27.7. The Hall–Kier alpha value is -1.80. The average Bonchev–Trinajstić information content (AvgIpc) is 2.94. The summed E-state index contributed by atoms with van der Waals surface area (Å²) in [6, 6.07) is 4.55. The number of amidine groups is 1. The van der Waals surface area contributed by atoms with Gasteiger partial charge in [-0.25, -0.2) is 9.18 Å². The van der Waals surface area contributed by atoms with Crippen molar-refractivity contribution in [2.24, 2.45) is 10.9 Å². The Morgan fingerprint density at radius 2 is 2.19 bits per heavy atom. The second-order valence-corrected chi connectivity index (χ2v) is 8.95. The molecule has 1 aromatic carbocycles. The zero-order chi connectivity index (χ0) is 19.8. The number of halogens is 1. The molecule has 0 radical (unpaired) electrons. The van der Waals surface area contributed by atoms with Gasteiger partial charge in [0.25, 0.3) is 0 Å². The number of rotatable bonds is 2. The van der Waals surface area contributed by atoms with Crippen molar-refractivity contribution in [2.45, 2.75) is 50.9 Å². The number of hydrogen-bond acceptors (Lipinski definition) is 6. The van der Waals surface area contributed by atoms with Crippen molar-refractivity contribution in [3.8, 4) is 0 Å². The van der Waals surface area contributed by atoms with Crippen LogP contribution in [-0.2, 0) is 15.0 Å². The molecule has 3 rings (SSSR count). The van der Waals surface area contributed by atoms with Crippen molar-refractivity contribution >= 4 is 28.7 Å². The van der Waals surface area contributed by atoms with E-state index in [1.54, 1.807) is 33.9 Å². The van der Waals surface area contributed by atoms with Crippen LogP contribution in [0.4, 0.5) is 14.9 Å². The number of fused-ring (bicyclic) bond motifs is 1. The van der Waals surface area contributed by atoms with Crippen molar-refractivity contribution in [3.05, 3.63) is 29.6 Å². The van der Waals surface area contributed by atoms with Crippen LogP contribution in [0.25, 0.3) is 0 Å². The number of nitrogens with two attached hydrogens (primary N) is 1. The first-order valence-corrected chi connectivity index (χ1v) is 9.94. The maximum absolute atomic E-state index is 14.7. The highest BCUT2D eigenvalue weighted by Crippen LogP contribution is 2.52. The van der Waals surface area contributed by atoms with Gasteiger partial charge >= 0.3 is 6.09 Å². The summed E-state index contributed by atoms with van der Waals surface area (Å²) in [6.07, 6.45) is 0.789. The van der Waals surface area contributed by atoms with Crippen LogP contribution in [0.15, 0.2) is 23.2 Å². The summed E-state index contributed by atoms with van der Waals surface area (Å²) in [7, 11) is 1.67. The summed E-state index contributed by atoms with van der Waals surface area (Å²) in [4.78, 5) is 17.0. The number of alkyl carbamates (subject to hydrolysis) is 1. The predicted molar refractivity (Wildman–Crippen MR) is 105 cm³/mol. The summed E-state index contributed by atoms with van der Waals surface area (Å²) < 4.78 is 25.7. The molecule has 1 aromatic rings. The average molecular weight is 396 g/mol. The summed E-state index contributed by atoms with van der Waals surface area (Å²) in [5.41, 5.74) is 5.44. The molecule has 0 saturated heterocycles. The molecule has 1 heterocycles. The third-order valence-electron chi connectivity index (χ3n) is 4.94. The molecule has 1 fully saturated rings. The lowest BCUT2D eigenvalue weighted by Gasteiger charge is -2.38. The van der Waals surface area contributed by atoms with E-state index in [2.05, 4.69) is 5.32 Å². The maximum Gasteiger partial charge on any atom is 0.413 e. The smallest absolute Gasteiger partial charge is 0.413 e. The number of benzene rings is 1. The van der Waals surface area contributed by atoms with Gasteiger partial charge in [0.1, 0.15) is 11.4 Å². The fourth-order valence-corrected chi connectivity index (χ4v) is 5.04. The minimum atomic E-state index is -0.810. The molecular formula is C19H26FN3O3S. The molecule has 0 bridgehead atoms. The van der Waals surface area contributed by atoms with Crippen molar-refractivity contribution < 1.29 is 18.7 Å². The second kappa shape index (κ2) is 7.31. The van der Waals surface area contributed by atoms with Gasteiger partial charge in [-0.05, 0) is 51.8 Å². The highest BCUT2D eigenvalue weighted by atomic mass is 32.2. The fourth-order valence-electron chi connectivity index (χ4n) is 3.83. The Kier molecular flexibility index (Phi) is 5.40. The third kappa shape index (κ3) is 4.06. The fraction of sp³-hybridized carbons (Fsp3) is 0.579. The minimum absolute atomic E-state index is 0.00649. The number of methoxy groups -OCH3 is 1. The largest absolute Gasteiger partial charge is 0.444 e. The Balaban J connectivity index is 1.98. The molecule has 3 atom stereocenters. The molecule has 0 aromatic heterocycles. The van der Waals surface area contributed by atoms with E-state index in [9.17, 15) is 9.18 Å². The Morgan fingerprint density at radius 1 is 1.44 bits per heavy atom. The number of amides is 1. The molecule has 8 heteroatoms. The van der Waals surface area contributed by atoms with Gasteiger partial charge in [-0.2, -0.15) is 0 Å². The number of ether oxygens (including phenoxy) is 2. The number of aliphatic imine (C=N–C) groups is 1. The van der Waals surface area contributed by atoms with E-state index in [-0.39, 0.29) is 17.8 Å². The summed E-state index contributed by atoms with van der Waals surface area (Å²) in [5, 5.41) is 3.14. The van der Waals surface area contributed by atoms with Crippen LogP contribution in [0.5, 0.6) is 0 Å². The van der Waals surface area contributed by atoms with Gasteiger partial charge in [0.05, 0.1) is 11.6 Å². The number of hydrogen-bond donors (Lipinski definition) is 2. The van der Waals surface area contributed by atoms with Crippen LogP contribution in [0.3, 0.4) is 0 Å². The molecule has 3 N–H and O–H groups in total. The molecule has 1 amide bonds. The number of nitrogens with one attached hydrogen (secondary N) is 1. The van der Waals surface area contributed by atoms with E-state index >= 15 is 0 Å². The van der Waals surface area contributed by atoms with Gasteiger partial charge in [0, 0.05) is 30.0 Å². The molecule has 2 aliphatic rings. The second-order valence-electron chi connectivity index (χ2n) is 7.94. The van der Waals surface area contributed by atoms with Crippen LogP contribution >= 0.6 is 11.8 Å². The van der Waals surface area contributed by atoms with Gasteiger partial charge in [-0.1, -0.05) is 11.8 Å². The molecule has 6 nitrogen and oxygen atoms in total. The van der Waals surface area contributed by atoms with Crippen LogP contribution in [0.2, 0.25) is 0 Å². The molecule has 0 unspecified atom stereocenters. The van der Waals surface area contributed by atoms with E-state index in [0.717, 1.165) is 6.42 Å². The predicted octanol–water partition coefficient (Wildman–Crippen LogP) is 3.66. The first-order valence-electron chi connectivity index (χ1n) is 8.95. The number of thioether (sulfide) groups is 1.